The monoisotopic (exact) mass is 385 g/mol. The fourth-order valence-corrected chi connectivity index (χ4v) is 3.70. The molecule has 0 bridgehead atoms. The molecule has 4 heteroatoms. The smallest absolute Gasteiger partial charge is 0.177 e. The molecule has 1 heterocycles. The number of hydrogen-bond acceptors (Lipinski definition) is 2. The number of rotatable bonds is 2. The van der Waals surface area contributed by atoms with Gasteiger partial charge in [0, 0.05) is 5.69 Å². The van der Waals surface area contributed by atoms with Crippen molar-refractivity contribution in [2.75, 3.05) is 4.90 Å². The molecule has 140 valence electrons. The van der Waals surface area contributed by atoms with E-state index < -0.39 is 0 Å². The highest BCUT2D eigenvalue weighted by Gasteiger charge is 2.25. The van der Waals surface area contributed by atoms with Gasteiger partial charge in [-0.15, -0.1) is 0 Å². The summed E-state index contributed by atoms with van der Waals surface area (Å²) in [5, 5.41) is 0. The van der Waals surface area contributed by atoms with Crippen molar-refractivity contribution in [2.45, 2.75) is 0 Å². The van der Waals surface area contributed by atoms with E-state index in [0.717, 1.165) is 39.7 Å². The predicted octanol–water partition coefficient (Wildman–Crippen LogP) is 8.03. The van der Waals surface area contributed by atoms with E-state index in [0.29, 0.717) is 11.4 Å². The predicted molar refractivity (Wildman–Crippen MR) is 119 cm³/mol. The maximum absolute atomic E-state index is 7.34. The summed E-state index contributed by atoms with van der Waals surface area (Å²) >= 11 is 0. The molecule has 4 nitrogen and oxygen atoms in total. The van der Waals surface area contributed by atoms with Gasteiger partial charge in [-0.05, 0) is 47.5 Å². The maximum Gasteiger partial charge on any atom is 0.177 e. The quantitative estimate of drug-likeness (QED) is 0.287. The topological polar surface area (TPSA) is 21.2 Å². The Bertz CT molecular complexity index is 1280. The highest BCUT2D eigenvalue weighted by molar-refractivity contribution is 5.88. The highest BCUT2D eigenvalue weighted by Crippen LogP contribution is 2.50. The first kappa shape index (κ1) is 17.6. The molecule has 0 amide bonds. The standard InChI is InChI=1S/C26H15N3O/c1-27-20-14-19(15-21(17-20)28-2)18-8-7-9-22(16-18)29-23-10-3-5-12-25(23)30-26-13-6-4-11-24(26)29/h3-17H. The zero-order valence-corrected chi connectivity index (χ0v) is 15.9. The molecule has 0 saturated heterocycles. The van der Waals surface area contributed by atoms with Gasteiger partial charge < -0.3 is 9.64 Å². The van der Waals surface area contributed by atoms with Crippen LogP contribution >= 0.6 is 0 Å². The zero-order chi connectivity index (χ0) is 20.5. The Morgan fingerprint density at radius 1 is 0.600 bits per heavy atom. The Balaban J connectivity index is 1.68. The van der Waals surface area contributed by atoms with Gasteiger partial charge >= 0.3 is 0 Å². The SMILES string of the molecule is [C-]#[N+]c1cc([N+]#[C-])cc(-c2cccc(N3c4ccccc4Oc4ccccc43)c2)c1. The van der Waals surface area contributed by atoms with Gasteiger partial charge in [0.2, 0.25) is 0 Å². The second kappa shape index (κ2) is 7.13. The average molecular weight is 385 g/mol. The van der Waals surface area contributed by atoms with Crippen LogP contribution in [0.5, 0.6) is 11.5 Å². The number of hydrogen-bond donors (Lipinski definition) is 0. The summed E-state index contributed by atoms with van der Waals surface area (Å²) in [5.74, 6) is 1.60. The maximum atomic E-state index is 7.34. The third-order valence-corrected chi connectivity index (χ3v) is 5.03. The van der Waals surface area contributed by atoms with Gasteiger partial charge in [-0.25, -0.2) is 9.69 Å². The molecule has 30 heavy (non-hydrogen) atoms. The fraction of sp³-hybridized carbons (Fsp3) is 0. The molecule has 4 aromatic rings. The van der Waals surface area contributed by atoms with Crippen molar-refractivity contribution in [1.82, 2.24) is 0 Å². The van der Waals surface area contributed by atoms with E-state index in [1.54, 1.807) is 6.07 Å². The van der Waals surface area contributed by atoms with Gasteiger partial charge in [-0.1, -0.05) is 54.6 Å². The summed E-state index contributed by atoms with van der Waals surface area (Å²) < 4.78 is 6.10. The molecule has 0 fully saturated rings. The van der Waals surface area contributed by atoms with Crippen LogP contribution in [0.4, 0.5) is 28.4 Å². The van der Waals surface area contributed by atoms with Crippen molar-refractivity contribution in [1.29, 1.82) is 0 Å². The Kier molecular flexibility index (Phi) is 4.17. The van der Waals surface area contributed by atoms with Gasteiger partial charge in [0.15, 0.2) is 22.9 Å². The summed E-state index contributed by atoms with van der Waals surface area (Å²) in [6, 6.07) is 29.3. The minimum atomic E-state index is 0.464. The van der Waals surface area contributed by atoms with Gasteiger partial charge in [0.05, 0.1) is 24.5 Å². The molecule has 0 N–H and O–H groups in total. The van der Waals surface area contributed by atoms with Crippen molar-refractivity contribution < 1.29 is 4.74 Å². The molecule has 0 saturated carbocycles. The number of anilines is 3. The lowest BCUT2D eigenvalue weighted by Crippen LogP contribution is -2.15. The first-order chi connectivity index (χ1) is 14.8. The third kappa shape index (κ3) is 2.94. The molecule has 0 spiro atoms. The first-order valence-corrected chi connectivity index (χ1v) is 9.43. The van der Waals surface area contributed by atoms with Crippen LogP contribution in [0, 0.1) is 13.1 Å². The van der Waals surface area contributed by atoms with Gasteiger partial charge in [0.25, 0.3) is 0 Å². The van der Waals surface area contributed by atoms with Gasteiger partial charge in [-0.2, -0.15) is 0 Å². The van der Waals surface area contributed by atoms with E-state index in [2.05, 4.69) is 26.7 Å². The van der Waals surface area contributed by atoms with E-state index in [1.807, 2.05) is 72.8 Å². The molecule has 0 aliphatic carbocycles. The van der Waals surface area contributed by atoms with Crippen molar-refractivity contribution in [3.05, 3.63) is 114 Å². The van der Waals surface area contributed by atoms with Crippen LogP contribution in [-0.4, -0.2) is 0 Å². The number of para-hydroxylation sites is 4. The molecule has 0 atom stereocenters. The second-order valence-electron chi connectivity index (χ2n) is 6.88. The van der Waals surface area contributed by atoms with Crippen LogP contribution in [0.25, 0.3) is 20.8 Å². The van der Waals surface area contributed by atoms with Crippen LogP contribution < -0.4 is 9.64 Å². The highest BCUT2D eigenvalue weighted by atomic mass is 16.5. The lowest BCUT2D eigenvalue weighted by molar-refractivity contribution is 0.477. The molecular formula is C26H15N3O. The molecule has 0 aromatic heterocycles. The lowest BCUT2D eigenvalue weighted by Gasteiger charge is -2.33. The molecule has 0 radical (unpaired) electrons. The normalized spacial score (nSPS) is 11.5. The van der Waals surface area contributed by atoms with Crippen LogP contribution in [0.1, 0.15) is 0 Å². The first-order valence-electron chi connectivity index (χ1n) is 9.43. The molecule has 0 unspecified atom stereocenters. The van der Waals surface area contributed by atoms with Crippen LogP contribution in [0.2, 0.25) is 0 Å². The number of ether oxygens (including phenoxy) is 1. The molecular weight excluding hydrogens is 370 g/mol. The van der Waals surface area contributed by atoms with Crippen LogP contribution in [0.3, 0.4) is 0 Å². The number of nitrogens with zero attached hydrogens (tertiary/aromatic N) is 3. The number of benzene rings is 4. The minimum absolute atomic E-state index is 0.464. The molecule has 5 rings (SSSR count). The fourth-order valence-electron chi connectivity index (χ4n) is 3.70. The van der Waals surface area contributed by atoms with Crippen LogP contribution in [0.15, 0.2) is 91.0 Å². The van der Waals surface area contributed by atoms with Crippen LogP contribution in [-0.2, 0) is 0 Å². The Labute approximate surface area is 174 Å². The van der Waals surface area contributed by atoms with E-state index >= 15 is 0 Å². The molecule has 1 aliphatic heterocycles. The summed E-state index contributed by atoms with van der Waals surface area (Å²) in [6.45, 7) is 14.7. The summed E-state index contributed by atoms with van der Waals surface area (Å²) in [7, 11) is 0. The van der Waals surface area contributed by atoms with E-state index in [4.69, 9.17) is 17.9 Å². The van der Waals surface area contributed by atoms with E-state index in [9.17, 15) is 0 Å². The summed E-state index contributed by atoms with van der Waals surface area (Å²) in [4.78, 5) is 9.21. The van der Waals surface area contributed by atoms with Crippen molar-refractivity contribution in [2.24, 2.45) is 0 Å². The average Bonchev–Trinajstić information content (AvgIpc) is 2.82. The largest absolute Gasteiger partial charge is 0.453 e. The Morgan fingerprint density at radius 2 is 1.20 bits per heavy atom. The molecule has 1 aliphatic rings. The Hall–Kier alpha value is -4.54. The number of fused-ring (bicyclic) bond motifs is 2. The van der Waals surface area contributed by atoms with Crippen molar-refractivity contribution >= 4 is 28.4 Å². The van der Waals surface area contributed by atoms with E-state index in [1.165, 1.54) is 0 Å². The summed E-state index contributed by atoms with van der Waals surface area (Å²) in [6.07, 6.45) is 0. The zero-order valence-electron chi connectivity index (χ0n) is 15.9. The van der Waals surface area contributed by atoms with Gasteiger partial charge in [-0.3, -0.25) is 0 Å². The van der Waals surface area contributed by atoms with Crippen molar-refractivity contribution in [3.8, 4) is 22.6 Å². The lowest BCUT2D eigenvalue weighted by atomic mass is 10.0. The Morgan fingerprint density at radius 3 is 1.80 bits per heavy atom. The van der Waals surface area contributed by atoms with Gasteiger partial charge in [0.1, 0.15) is 0 Å². The van der Waals surface area contributed by atoms with Crippen molar-refractivity contribution in [3.63, 3.8) is 0 Å². The third-order valence-electron chi connectivity index (χ3n) is 5.03. The summed E-state index contributed by atoms with van der Waals surface area (Å²) in [5.41, 5.74) is 5.64. The molecule has 4 aromatic carbocycles. The minimum Gasteiger partial charge on any atom is -0.453 e. The second-order valence-corrected chi connectivity index (χ2v) is 6.88. The van der Waals surface area contributed by atoms with E-state index in [-0.39, 0.29) is 0 Å².